The SMILES string of the molecule is c1ccc(-c2ccccc2N(c2ccc(-c3ccc(-c4ccc(-n5c6ccccc6c6ccccc65)cc4)cc3)cc2)c2ccccc2-c2cccc3oc4ccccc4c23)cc1. The first-order chi connectivity index (χ1) is 31.3. The van der Waals surface area contributed by atoms with Crippen LogP contribution < -0.4 is 4.90 Å². The molecule has 10 aromatic carbocycles. The number of fused-ring (bicyclic) bond motifs is 6. The second-order valence-corrected chi connectivity index (χ2v) is 16.1. The molecule has 0 aliphatic rings. The molecule has 2 heterocycles. The average Bonchev–Trinajstić information content (AvgIpc) is 3.91. The highest BCUT2D eigenvalue weighted by Gasteiger charge is 2.22. The molecule has 63 heavy (non-hydrogen) atoms. The Bertz CT molecular complexity index is 3550. The van der Waals surface area contributed by atoms with E-state index < -0.39 is 0 Å². The molecule has 0 amide bonds. The highest BCUT2D eigenvalue weighted by atomic mass is 16.3. The van der Waals surface area contributed by atoms with E-state index in [1.54, 1.807) is 0 Å². The Morgan fingerprint density at radius 2 is 0.762 bits per heavy atom. The summed E-state index contributed by atoms with van der Waals surface area (Å²) >= 11 is 0. The van der Waals surface area contributed by atoms with Gasteiger partial charge in [-0.15, -0.1) is 0 Å². The van der Waals surface area contributed by atoms with Crippen LogP contribution >= 0.6 is 0 Å². The fourth-order valence-corrected chi connectivity index (χ4v) is 9.50. The summed E-state index contributed by atoms with van der Waals surface area (Å²) in [6.07, 6.45) is 0. The van der Waals surface area contributed by atoms with E-state index in [4.69, 9.17) is 4.42 Å². The van der Waals surface area contributed by atoms with Crippen LogP contribution in [0.15, 0.2) is 247 Å². The first-order valence-corrected chi connectivity index (χ1v) is 21.5. The number of para-hydroxylation sites is 5. The fourth-order valence-electron chi connectivity index (χ4n) is 9.50. The summed E-state index contributed by atoms with van der Waals surface area (Å²) in [6.45, 7) is 0. The van der Waals surface area contributed by atoms with Crippen molar-refractivity contribution in [2.24, 2.45) is 0 Å². The minimum Gasteiger partial charge on any atom is -0.456 e. The maximum atomic E-state index is 6.38. The van der Waals surface area contributed by atoms with Gasteiger partial charge in [0.15, 0.2) is 0 Å². The summed E-state index contributed by atoms with van der Waals surface area (Å²) in [5.41, 5.74) is 17.9. The second kappa shape index (κ2) is 15.3. The lowest BCUT2D eigenvalue weighted by Gasteiger charge is -2.30. The number of hydrogen-bond donors (Lipinski definition) is 0. The van der Waals surface area contributed by atoms with E-state index in [0.29, 0.717) is 0 Å². The Labute approximate surface area is 366 Å². The van der Waals surface area contributed by atoms with Gasteiger partial charge in [0.1, 0.15) is 11.2 Å². The quantitative estimate of drug-likeness (QED) is 0.153. The first-order valence-electron chi connectivity index (χ1n) is 21.5. The molecule has 3 nitrogen and oxygen atoms in total. The molecule has 0 aliphatic heterocycles. The molecule has 0 radical (unpaired) electrons. The normalized spacial score (nSPS) is 11.5. The minimum absolute atomic E-state index is 0.881. The fraction of sp³-hybridized carbons (Fsp3) is 0. The number of hydrogen-bond acceptors (Lipinski definition) is 2. The van der Waals surface area contributed by atoms with Gasteiger partial charge in [-0.2, -0.15) is 0 Å². The highest BCUT2D eigenvalue weighted by molar-refractivity contribution is 6.14. The van der Waals surface area contributed by atoms with E-state index in [0.717, 1.165) is 72.5 Å². The van der Waals surface area contributed by atoms with Gasteiger partial charge in [0, 0.05) is 44.0 Å². The zero-order valence-corrected chi connectivity index (χ0v) is 34.4. The van der Waals surface area contributed by atoms with Crippen molar-refractivity contribution in [3.05, 3.63) is 243 Å². The van der Waals surface area contributed by atoms with Gasteiger partial charge in [0.05, 0.1) is 22.4 Å². The van der Waals surface area contributed by atoms with Crippen LogP contribution in [0.1, 0.15) is 0 Å². The number of nitrogens with zero attached hydrogens (tertiary/aromatic N) is 2. The number of furan rings is 1. The Morgan fingerprint density at radius 1 is 0.302 bits per heavy atom. The number of benzene rings is 10. The molecule has 0 spiro atoms. The zero-order chi connectivity index (χ0) is 41.7. The van der Waals surface area contributed by atoms with Crippen molar-refractivity contribution in [1.29, 1.82) is 0 Å². The third-order valence-electron chi connectivity index (χ3n) is 12.5. The molecule has 296 valence electrons. The van der Waals surface area contributed by atoms with Crippen LogP contribution in [0.5, 0.6) is 0 Å². The summed E-state index contributed by atoms with van der Waals surface area (Å²) in [6, 6.07) is 87.0. The van der Waals surface area contributed by atoms with Crippen LogP contribution in [0.3, 0.4) is 0 Å². The molecule has 0 aliphatic carbocycles. The van der Waals surface area contributed by atoms with Gasteiger partial charge in [0.25, 0.3) is 0 Å². The van der Waals surface area contributed by atoms with Gasteiger partial charge in [-0.25, -0.2) is 0 Å². The lowest BCUT2D eigenvalue weighted by molar-refractivity contribution is 0.669. The molecule has 0 unspecified atom stereocenters. The van der Waals surface area contributed by atoms with E-state index in [9.17, 15) is 0 Å². The maximum Gasteiger partial charge on any atom is 0.136 e. The van der Waals surface area contributed by atoms with Crippen molar-refractivity contribution >= 4 is 60.8 Å². The number of rotatable bonds is 8. The van der Waals surface area contributed by atoms with Gasteiger partial charge >= 0.3 is 0 Å². The van der Waals surface area contributed by atoms with E-state index >= 15 is 0 Å². The molecule has 12 aromatic rings. The predicted molar refractivity (Wildman–Crippen MR) is 264 cm³/mol. The van der Waals surface area contributed by atoms with Crippen molar-refractivity contribution in [2.75, 3.05) is 4.90 Å². The van der Waals surface area contributed by atoms with Crippen molar-refractivity contribution in [3.8, 4) is 50.2 Å². The Balaban J connectivity index is 0.912. The monoisotopic (exact) mass is 804 g/mol. The molecule has 0 saturated heterocycles. The van der Waals surface area contributed by atoms with E-state index in [1.165, 1.54) is 38.5 Å². The number of anilines is 3. The number of aromatic nitrogens is 1. The minimum atomic E-state index is 0.881. The first kappa shape index (κ1) is 36.5. The third-order valence-corrected chi connectivity index (χ3v) is 12.5. The average molecular weight is 805 g/mol. The standard InChI is InChI=1S/C60H40N2O/c1-2-15-45(16-3-1)48-17-4-9-23-54(48)61(57-26-12-7-20-51(57)52-22-14-28-59-60(52)53-21-8-13-27-58(53)63-59)46-37-33-43(34-38-46)41-29-31-42(32-30-41)44-35-39-47(40-36-44)62-55-24-10-5-18-49(55)50-19-6-11-25-56(50)62/h1-40H. The van der Waals surface area contributed by atoms with Crippen molar-refractivity contribution in [3.63, 3.8) is 0 Å². The Morgan fingerprint density at radius 3 is 1.41 bits per heavy atom. The molecular formula is C60H40N2O. The van der Waals surface area contributed by atoms with Crippen LogP contribution in [0, 0.1) is 0 Å². The predicted octanol–water partition coefficient (Wildman–Crippen LogP) is 16.8. The van der Waals surface area contributed by atoms with Crippen molar-refractivity contribution in [1.82, 2.24) is 4.57 Å². The van der Waals surface area contributed by atoms with Crippen LogP contribution in [-0.2, 0) is 0 Å². The van der Waals surface area contributed by atoms with Gasteiger partial charge in [0.2, 0.25) is 0 Å². The van der Waals surface area contributed by atoms with Gasteiger partial charge in [-0.3, -0.25) is 0 Å². The zero-order valence-electron chi connectivity index (χ0n) is 34.4. The van der Waals surface area contributed by atoms with Gasteiger partial charge in [-0.05, 0) is 94.0 Å². The second-order valence-electron chi connectivity index (χ2n) is 16.1. The molecule has 0 fully saturated rings. The molecule has 2 aromatic heterocycles. The molecule has 0 atom stereocenters. The van der Waals surface area contributed by atoms with Crippen molar-refractivity contribution in [2.45, 2.75) is 0 Å². The molecule has 3 heteroatoms. The van der Waals surface area contributed by atoms with E-state index in [-0.39, 0.29) is 0 Å². The van der Waals surface area contributed by atoms with Crippen LogP contribution in [-0.4, -0.2) is 4.57 Å². The summed E-state index contributed by atoms with van der Waals surface area (Å²) in [5, 5.41) is 4.77. The molecule has 0 bridgehead atoms. The van der Waals surface area contributed by atoms with Crippen LogP contribution in [0.2, 0.25) is 0 Å². The molecule has 0 saturated carbocycles. The van der Waals surface area contributed by atoms with Crippen molar-refractivity contribution < 1.29 is 4.42 Å². The Hall–Kier alpha value is -8.40. The lowest BCUT2D eigenvalue weighted by Crippen LogP contribution is -2.12. The third kappa shape index (κ3) is 6.29. The summed E-state index contributed by atoms with van der Waals surface area (Å²) < 4.78 is 8.74. The van der Waals surface area contributed by atoms with Crippen LogP contribution in [0.4, 0.5) is 17.1 Å². The molecule has 0 N–H and O–H groups in total. The van der Waals surface area contributed by atoms with Gasteiger partial charge < -0.3 is 13.9 Å². The van der Waals surface area contributed by atoms with Crippen LogP contribution in [0.25, 0.3) is 93.9 Å². The highest BCUT2D eigenvalue weighted by Crippen LogP contribution is 2.47. The summed E-state index contributed by atoms with van der Waals surface area (Å²) in [7, 11) is 0. The van der Waals surface area contributed by atoms with E-state index in [1.807, 2.05) is 12.1 Å². The summed E-state index contributed by atoms with van der Waals surface area (Å²) in [4.78, 5) is 2.41. The lowest BCUT2D eigenvalue weighted by atomic mass is 9.95. The molecular weight excluding hydrogens is 765 g/mol. The smallest absolute Gasteiger partial charge is 0.136 e. The Kier molecular flexibility index (Phi) is 8.83. The summed E-state index contributed by atoms with van der Waals surface area (Å²) in [5.74, 6) is 0. The maximum absolute atomic E-state index is 6.38. The van der Waals surface area contributed by atoms with Gasteiger partial charge in [-0.1, -0.05) is 182 Å². The topological polar surface area (TPSA) is 21.3 Å². The molecule has 12 rings (SSSR count). The van der Waals surface area contributed by atoms with E-state index in [2.05, 4.69) is 240 Å². The largest absolute Gasteiger partial charge is 0.456 e.